The number of rotatable bonds is 3. The van der Waals surface area contributed by atoms with Gasteiger partial charge in [-0.3, -0.25) is 4.72 Å². The van der Waals surface area contributed by atoms with Crippen LogP contribution in [0.2, 0.25) is 0 Å². The van der Waals surface area contributed by atoms with Crippen molar-refractivity contribution in [3.05, 3.63) is 47.3 Å². The van der Waals surface area contributed by atoms with Gasteiger partial charge in [-0.1, -0.05) is 15.9 Å². The lowest BCUT2D eigenvalue weighted by Crippen LogP contribution is -2.14. The Bertz CT molecular complexity index is 921. The van der Waals surface area contributed by atoms with E-state index in [0.29, 0.717) is 5.52 Å². The molecule has 1 aromatic carbocycles. The zero-order chi connectivity index (χ0) is 15.0. The molecule has 3 rings (SSSR count). The molecule has 0 atom stereocenters. The number of anilines is 1. The number of fused-ring (bicyclic) bond motifs is 1. The molecule has 3 aromatic rings. The van der Waals surface area contributed by atoms with Crippen molar-refractivity contribution in [3.63, 3.8) is 0 Å². The van der Waals surface area contributed by atoms with Crippen molar-refractivity contribution in [1.29, 1.82) is 0 Å². The summed E-state index contributed by atoms with van der Waals surface area (Å²) in [6, 6.07) is 9.02. The zero-order valence-corrected chi connectivity index (χ0v) is 13.4. The molecule has 108 valence electrons. The third-order valence-corrected chi connectivity index (χ3v) is 4.58. The molecular formula is C13H11BrN4O2S. The molecule has 2 aromatic heterocycles. The van der Waals surface area contributed by atoms with E-state index in [4.69, 9.17) is 0 Å². The van der Waals surface area contributed by atoms with Gasteiger partial charge in [0.2, 0.25) is 0 Å². The number of benzene rings is 1. The molecule has 0 aliphatic heterocycles. The molecule has 0 saturated heterocycles. The number of hydrogen-bond acceptors (Lipinski definition) is 4. The fourth-order valence-electron chi connectivity index (χ4n) is 1.87. The van der Waals surface area contributed by atoms with E-state index in [1.54, 1.807) is 17.7 Å². The van der Waals surface area contributed by atoms with Crippen LogP contribution in [0.1, 0.15) is 0 Å². The zero-order valence-electron chi connectivity index (χ0n) is 11.0. The van der Waals surface area contributed by atoms with E-state index in [1.807, 2.05) is 24.3 Å². The number of sulfonamides is 1. The topological polar surface area (TPSA) is 76.9 Å². The summed E-state index contributed by atoms with van der Waals surface area (Å²) in [5, 5.41) is 0.882. The van der Waals surface area contributed by atoms with Gasteiger partial charge in [-0.15, -0.1) is 0 Å². The summed E-state index contributed by atoms with van der Waals surface area (Å²) in [6.07, 6.45) is 2.86. The van der Waals surface area contributed by atoms with Gasteiger partial charge < -0.3 is 4.57 Å². The third-order valence-electron chi connectivity index (χ3n) is 2.85. The van der Waals surface area contributed by atoms with Crippen molar-refractivity contribution in [2.75, 3.05) is 4.72 Å². The third kappa shape index (κ3) is 2.91. The normalized spacial score (nSPS) is 11.7. The maximum Gasteiger partial charge on any atom is 0.282 e. The van der Waals surface area contributed by atoms with E-state index in [1.165, 1.54) is 12.5 Å². The highest BCUT2D eigenvalue weighted by Crippen LogP contribution is 2.21. The fourth-order valence-corrected chi connectivity index (χ4v) is 3.23. The van der Waals surface area contributed by atoms with Crippen LogP contribution in [0.25, 0.3) is 10.9 Å². The molecule has 0 aliphatic rings. The van der Waals surface area contributed by atoms with Crippen LogP contribution >= 0.6 is 15.9 Å². The molecule has 0 spiro atoms. The van der Waals surface area contributed by atoms with Crippen LogP contribution in [0.5, 0.6) is 0 Å². The molecule has 0 radical (unpaired) electrons. The molecule has 0 aliphatic carbocycles. The summed E-state index contributed by atoms with van der Waals surface area (Å²) in [5.74, 6) is 0.260. The predicted octanol–water partition coefficient (Wildman–Crippen LogP) is 2.53. The number of halogens is 1. The monoisotopic (exact) mass is 366 g/mol. The largest absolute Gasteiger partial charge is 0.339 e. The molecule has 6 nitrogen and oxygen atoms in total. The SMILES string of the molecule is Cn1cnc(S(=O)(=O)Nc2ccc3cc(Br)ccc3n2)c1. The summed E-state index contributed by atoms with van der Waals surface area (Å²) in [7, 11) is -2.02. The number of aryl methyl sites for hydroxylation is 1. The number of hydrogen-bond donors (Lipinski definition) is 1. The maximum absolute atomic E-state index is 12.2. The second-order valence-corrected chi connectivity index (χ2v) is 7.06. The minimum atomic E-state index is -3.72. The van der Waals surface area contributed by atoms with E-state index < -0.39 is 10.0 Å². The smallest absolute Gasteiger partial charge is 0.282 e. The van der Waals surface area contributed by atoms with E-state index >= 15 is 0 Å². The summed E-state index contributed by atoms with van der Waals surface area (Å²) in [6.45, 7) is 0. The predicted molar refractivity (Wildman–Crippen MR) is 83.5 cm³/mol. The first kappa shape index (κ1) is 14.0. The van der Waals surface area contributed by atoms with Crippen LogP contribution < -0.4 is 4.72 Å². The van der Waals surface area contributed by atoms with E-state index in [9.17, 15) is 8.42 Å². The first-order valence-electron chi connectivity index (χ1n) is 6.01. The van der Waals surface area contributed by atoms with Crippen LogP contribution in [0.3, 0.4) is 0 Å². The Morgan fingerprint density at radius 2 is 2.05 bits per heavy atom. The minimum absolute atomic E-state index is 0.0392. The van der Waals surface area contributed by atoms with E-state index in [0.717, 1.165) is 9.86 Å². The quantitative estimate of drug-likeness (QED) is 0.772. The Morgan fingerprint density at radius 3 is 2.76 bits per heavy atom. The number of nitrogens with one attached hydrogen (secondary N) is 1. The van der Waals surface area contributed by atoms with Crippen LogP contribution in [-0.2, 0) is 17.1 Å². The molecule has 2 heterocycles. The number of pyridine rings is 1. The summed E-state index contributed by atoms with van der Waals surface area (Å²) in [4.78, 5) is 8.12. The van der Waals surface area contributed by atoms with Gasteiger partial charge in [0.1, 0.15) is 5.82 Å². The highest BCUT2D eigenvalue weighted by atomic mass is 79.9. The molecule has 8 heteroatoms. The molecule has 0 saturated carbocycles. The lowest BCUT2D eigenvalue weighted by Gasteiger charge is -2.06. The van der Waals surface area contributed by atoms with Crippen LogP contribution in [0.4, 0.5) is 5.82 Å². The Hall–Kier alpha value is -1.93. The lowest BCUT2D eigenvalue weighted by atomic mass is 10.2. The van der Waals surface area contributed by atoms with Crippen LogP contribution in [-0.4, -0.2) is 23.0 Å². The van der Waals surface area contributed by atoms with Crippen LogP contribution in [0, 0.1) is 0 Å². The highest BCUT2D eigenvalue weighted by molar-refractivity contribution is 9.10. The summed E-state index contributed by atoms with van der Waals surface area (Å²) < 4.78 is 29.3. The Labute approximate surface area is 130 Å². The second kappa shape index (κ2) is 5.12. The van der Waals surface area contributed by atoms with E-state index in [-0.39, 0.29) is 10.8 Å². The summed E-state index contributed by atoms with van der Waals surface area (Å²) >= 11 is 3.38. The molecule has 0 unspecified atom stereocenters. The van der Waals surface area contributed by atoms with Gasteiger partial charge in [-0.2, -0.15) is 8.42 Å². The summed E-state index contributed by atoms with van der Waals surface area (Å²) in [5.41, 5.74) is 0.708. The molecule has 0 fully saturated rings. The number of aromatic nitrogens is 3. The van der Waals surface area contributed by atoms with Gasteiger partial charge in [-0.25, -0.2) is 9.97 Å². The Balaban J connectivity index is 1.96. The standard InChI is InChI=1S/C13H11BrN4O2S/c1-18-7-13(15-8-18)21(19,20)17-12-5-2-9-6-10(14)3-4-11(9)16-12/h2-8H,1H3,(H,16,17). The maximum atomic E-state index is 12.2. The van der Waals surface area contributed by atoms with Gasteiger partial charge in [0.05, 0.1) is 11.8 Å². The molecule has 0 amide bonds. The lowest BCUT2D eigenvalue weighted by molar-refractivity contribution is 0.598. The van der Waals surface area contributed by atoms with Crippen molar-refractivity contribution in [2.45, 2.75) is 5.03 Å². The van der Waals surface area contributed by atoms with Crippen molar-refractivity contribution >= 4 is 42.7 Å². The van der Waals surface area contributed by atoms with Gasteiger partial charge in [-0.05, 0) is 30.3 Å². The first-order chi connectivity index (χ1) is 9.94. The molecule has 0 bridgehead atoms. The number of imidazole rings is 1. The van der Waals surface area contributed by atoms with Crippen molar-refractivity contribution < 1.29 is 8.42 Å². The van der Waals surface area contributed by atoms with E-state index in [2.05, 4.69) is 30.6 Å². The van der Waals surface area contributed by atoms with Gasteiger partial charge in [0, 0.05) is 23.1 Å². The average Bonchev–Trinajstić information content (AvgIpc) is 2.86. The van der Waals surface area contributed by atoms with Gasteiger partial charge in [0.25, 0.3) is 10.0 Å². The Morgan fingerprint density at radius 1 is 1.24 bits per heavy atom. The minimum Gasteiger partial charge on any atom is -0.339 e. The van der Waals surface area contributed by atoms with Crippen LogP contribution in [0.15, 0.2) is 52.4 Å². The average molecular weight is 367 g/mol. The van der Waals surface area contributed by atoms with Crippen molar-refractivity contribution in [3.8, 4) is 0 Å². The van der Waals surface area contributed by atoms with Gasteiger partial charge in [0.15, 0.2) is 5.03 Å². The molecule has 1 N–H and O–H groups in total. The van der Waals surface area contributed by atoms with Crippen molar-refractivity contribution in [1.82, 2.24) is 14.5 Å². The fraction of sp³-hybridized carbons (Fsp3) is 0.0769. The van der Waals surface area contributed by atoms with Crippen molar-refractivity contribution in [2.24, 2.45) is 7.05 Å². The second-order valence-electron chi connectivity index (χ2n) is 4.52. The van der Waals surface area contributed by atoms with Gasteiger partial charge >= 0.3 is 0 Å². The Kier molecular flexibility index (Phi) is 3.42. The highest BCUT2D eigenvalue weighted by Gasteiger charge is 2.17. The molecular weight excluding hydrogens is 356 g/mol. The first-order valence-corrected chi connectivity index (χ1v) is 8.29. The molecule has 21 heavy (non-hydrogen) atoms. The number of nitrogens with zero attached hydrogens (tertiary/aromatic N) is 3.